The maximum Gasteiger partial charge on any atom is 0.274 e. The van der Waals surface area contributed by atoms with Crippen molar-refractivity contribution in [1.82, 2.24) is 9.88 Å². The Morgan fingerprint density at radius 1 is 1.47 bits per heavy atom. The van der Waals surface area contributed by atoms with Crippen molar-refractivity contribution in [3.8, 4) is 0 Å². The molecule has 4 heteroatoms. The van der Waals surface area contributed by atoms with E-state index in [-0.39, 0.29) is 5.91 Å². The quantitative estimate of drug-likeness (QED) is 0.790. The predicted octanol–water partition coefficient (Wildman–Crippen LogP) is 1.24. The highest BCUT2D eigenvalue weighted by atomic mass is 16.2. The van der Waals surface area contributed by atoms with Crippen LogP contribution in [0.15, 0.2) is 12.1 Å². The number of anilines is 1. The number of nitrogens with zero attached hydrogens (tertiary/aromatic N) is 2. The van der Waals surface area contributed by atoms with E-state index in [0.29, 0.717) is 17.3 Å². The lowest BCUT2D eigenvalue weighted by Gasteiger charge is -2.12. The zero-order valence-corrected chi connectivity index (χ0v) is 9.03. The van der Waals surface area contributed by atoms with Crippen LogP contribution >= 0.6 is 0 Å². The number of hydrogen-bond donors (Lipinski definition) is 1. The molecule has 15 heavy (non-hydrogen) atoms. The Morgan fingerprint density at radius 2 is 2.13 bits per heavy atom. The first-order valence-electron chi connectivity index (χ1n) is 5.07. The van der Waals surface area contributed by atoms with Crippen molar-refractivity contribution >= 4 is 11.6 Å². The number of nitrogen functional groups attached to an aromatic ring is 1. The molecule has 1 fully saturated rings. The van der Waals surface area contributed by atoms with E-state index in [1.807, 2.05) is 6.07 Å². The SMILES string of the molecule is CN(C)C(=O)c1nc(C2CC2)ccc1N. The van der Waals surface area contributed by atoms with Gasteiger partial charge < -0.3 is 10.6 Å². The first-order chi connectivity index (χ1) is 7.09. The third-order valence-electron chi connectivity index (χ3n) is 2.55. The molecule has 2 rings (SSSR count). The van der Waals surface area contributed by atoms with E-state index in [1.165, 1.54) is 17.7 Å². The zero-order valence-electron chi connectivity index (χ0n) is 9.03. The third kappa shape index (κ3) is 1.93. The van der Waals surface area contributed by atoms with Crippen molar-refractivity contribution in [3.63, 3.8) is 0 Å². The molecule has 0 radical (unpaired) electrons. The van der Waals surface area contributed by atoms with Gasteiger partial charge in [0.15, 0.2) is 5.69 Å². The fourth-order valence-electron chi connectivity index (χ4n) is 1.47. The van der Waals surface area contributed by atoms with Gasteiger partial charge in [-0.05, 0) is 25.0 Å². The van der Waals surface area contributed by atoms with Gasteiger partial charge in [-0.25, -0.2) is 4.98 Å². The number of hydrogen-bond acceptors (Lipinski definition) is 3. The van der Waals surface area contributed by atoms with E-state index >= 15 is 0 Å². The van der Waals surface area contributed by atoms with Gasteiger partial charge in [-0.3, -0.25) is 4.79 Å². The van der Waals surface area contributed by atoms with Crippen LogP contribution < -0.4 is 5.73 Å². The first kappa shape index (κ1) is 9.96. The van der Waals surface area contributed by atoms with Crippen LogP contribution in [0.5, 0.6) is 0 Å². The van der Waals surface area contributed by atoms with Crippen molar-refractivity contribution in [1.29, 1.82) is 0 Å². The van der Waals surface area contributed by atoms with Gasteiger partial charge in [0, 0.05) is 25.7 Å². The Balaban J connectivity index is 2.35. The Kier molecular flexibility index (Phi) is 2.34. The Hall–Kier alpha value is -1.58. The molecule has 1 aliphatic rings. The largest absolute Gasteiger partial charge is 0.397 e. The van der Waals surface area contributed by atoms with Crippen LogP contribution in [0.3, 0.4) is 0 Å². The maximum atomic E-state index is 11.7. The fraction of sp³-hybridized carbons (Fsp3) is 0.455. The molecule has 1 amide bonds. The highest BCUT2D eigenvalue weighted by Gasteiger charge is 2.26. The summed E-state index contributed by atoms with van der Waals surface area (Å²) in [5, 5.41) is 0. The van der Waals surface area contributed by atoms with E-state index in [9.17, 15) is 4.79 Å². The topological polar surface area (TPSA) is 59.2 Å². The normalized spacial score (nSPS) is 15.1. The maximum absolute atomic E-state index is 11.7. The molecular formula is C11H15N3O. The Labute approximate surface area is 89.1 Å². The lowest BCUT2D eigenvalue weighted by molar-refractivity contribution is 0.0823. The average Bonchev–Trinajstić information content (AvgIpc) is 3.01. The van der Waals surface area contributed by atoms with Crippen LogP contribution in [0.1, 0.15) is 34.9 Å². The molecule has 1 aromatic rings. The lowest BCUT2D eigenvalue weighted by atomic mass is 10.2. The molecule has 0 aromatic carbocycles. The van der Waals surface area contributed by atoms with Crippen molar-refractivity contribution < 1.29 is 4.79 Å². The van der Waals surface area contributed by atoms with Crippen LogP contribution in [0.4, 0.5) is 5.69 Å². The van der Waals surface area contributed by atoms with Crippen LogP contribution in [0.2, 0.25) is 0 Å². The summed E-state index contributed by atoms with van der Waals surface area (Å²) in [5.74, 6) is 0.411. The minimum atomic E-state index is -0.130. The second-order valence-electron chi connectivity index (χ2n) is 4.15. The summed E-state index contributed by atoms with van der Waals surface area (Å²) in [4.78, 5) is 17.6. The molecular weight excluding hydrogens is 190 g/mol. The molecule has 0 atom stereocenters. The monoisotopic (exact) mass is 205 g/mol. The number of carbonyl (C=O) groups is 1. The van der Waals surface area contributed by atoms with Crippen LogP contribution in [-0.2, 0) is 0 Å². The van der Waals surface area contributed by atoms with Crippen LogP contribution in [0.25, 0.3) is 0 Å². The zero-order chi connectivity index (χ0) is 11.0. The van der Waals surface area contributed by atoms with Crippen molar-refractivity contribution in [2.75, 3.05) is 19.8 Å². The second kappa shape index (κ2) is 3.53. The van der Waals surface area contributed by atoms with Gasteiger partial charge in [0.2, 0.25) is 0 Å². The first-order valence-corrected chi connectivity index (χ1v) is 5.07. The van der Waals surface area contributed by atoms with Gasteiger partial charge in [-0.15, -0.1) is 0 Å². The summed E-state index contributed by atoms with van der Waals surface area (Å²) < 4.78 is 0. The van der Waals surface area contributed by atoms with Gasteiger partial charge in [0.25, 0.3) is 5.91 Å². The summed E-state index contributed by atoms with van der Waals surface area (Å²) in [7, 11) is 3.40. The number of carbonyl (C=O) groups excluding carboxylic acids is 1. The van der Waals surface area contributed by atoms with Gasteiger partial charge >= 0.3 is 0 Å². The molecule has 1 aromatic heterocycles. The van der Waals surface area contributed by atoms with Gasteiger partial charge in [0.05, 0.1) is 5.69 Å². The van der Waals surface area contributed by atoms with Crippen molar-refractivity contribution in [2.24, 2.45) is 0 Å². The van der Waals surface area contributed by atoms with Crippen LogP contribution in [0, 0.1) is 0 Å². The summed E-state index contributed by atoms with van der Waals surface area (Å²) in [6.07, 6.45) is 2.35. The fourth-order valence-corrected chi connectivity index (χ4v) is 1.47. The lowest BCUT2D eigenvalue weighted by Crippen LogP contribution is -2.24. The Morgan fingerprint density at radius 3 is 2.67 bits per heavy atom. The van der Waals surface area contributed by atoms with Gasteiger partial charge in [-0.2, -0.15) is 0 Å². The van der Waals surface area contributed by atoms with Crippen molar-refractivity contribution in [3.05, 3.63) is 23.5 Å². The van der Waals surface area contributed by atoms with Gasteiger partial charge in [0.1, 0.15) is 0 Å². The van der Waals surface area contributed by atoms with E-state index < -0.39 is 0 Å². The smallest absolute Gasteiger partial charge is 0.274 e. The molecule has 80 valence electrons. The molecule has 0 aliphatic heterocycles. The summed E-state index contributed by atoms with van der Waals surface area (Å²) in [6, 6.07) is 3.69. The molecule has 1 saturated carbocycles. The Bertz CT molecular complexity index is 397. The number of aromatic nitrogens is 1. The minimum Gasteiger partial charge on any atom is -0.397 e. The molecule has 0 saturated heterocycles. The third-order valence-corrected chi connectivity index (χ3v) is 2.55. The standard InChI is InChI=1S/C11H15N3O/c1-14(2)11(15)10-8(12)5-6-9(13-10)7-3-4-7/h5-7H,3-4,12H2,1-2H3. The highest BCUT2D eigenvalue weighted by Crippen LogP contribution is 2.39. The molecule has 0 unspecified atom stereocenters. The van der Waals surface area contributed by atoms with E-state index in [2.05, 4.69) is 4.98 Å². The number of nitrogens with two attached hydrogens (primary N) is 1. The average molecular weight is 205 g/mol. The minimum absolute atomic E-state index is 0.130. The highest BCUT2D eigenvalue weighted by molar-refractivity contribution is 5.96. The number of rotatable bonds is 2. The van der Waals surface area contributed by atoms with Crippen LogP contribution in [-0.4, -0.2) is 29.9 Å². The van der Waals surface area contributed by atoms with Crippen molar-refractivity contribution in [2.45, 2.75) is 18.8 Å². The molecule has 2 N–H and O–H groups in total. The summed E-state index contributed by atoms with van der Waals surface area (Å²) in [5.41, 5.74) is 7.57. The molecule has 1 aliphatic carbocycles. The molecule has 0 spiro atoms. The predicted molar refractivity (Wildman–Crippen MR) is 58.6 cm³/mol. The molecule has 4 nitrogen and oxygen atoms in total. The molecule has 1 heterocycles. The summed E-state index contributed by atoms with van der Waals surface area (Å²) in [6.45, 7) is 0. The number of amides is 1. The van der Waals surface area contributed by atoms with E-state index in [1.54, 1.807) is 20.2 Å². The van der Waals surface area contributed by atoms with E-state index in [0.717, 1.165) is 5.69 Å². The molecule has 0 bridgehead atoms. The summed E-state index contributed by atoms with van der Waals surface area (Å²) >= 11 is 0. The van der Waals surface area contributed by atoms with E-state index in [4.69, 9.17) is 5.73 Å². The van der Waals surface area contributed by atoms with Gasteiger partial charge in [-0.1, -0.05) is 0 Å². The number of pyridine rings is 1. The second-order valence-corrected chi connectivity index (χ2v) is 4.15.